The lowest BCUT2D eigenvalue weighted by molar-refractivity contribution is -0.118. The van der Waals surface area contributed by atoms with E-state index < -0.39 is 0 Å². The second kappa shape index (κ2) is 8.56. The van der Waals surface area contributed by atoms with Crippen molar-refractivity contribution in [3.05, 3.63) is 30.3 Å². The van der Waals surface area contributed by atoms with Gasteiger partial charge in [0.25, 0.3) is 0 Å². The number of likely N-dealkylation sites (tertiary alicyclic amines) is 1. The first-order valence-corrected chi connectivity index (χ1v) is 8.46. The maximum atomic E-state index is 12.5. The number of nitrogens with zero attached hydrogens (tertiary/aromatic N) is 2. The van der Waals surface area contributed by atoms with Crippen LogP contribution in [0.15, 0.2) is 30.3 Å². The first-order valence-electron chi connectivity index (χ1n) is 8.46. The Labute approximate surface area is 138 Å². The molecule has 0 radical (unpaired) electrons. The highest BCUT2D eigenvalue weighted by molar-refractivity contribution is 5.93. The van der Waals surface area contributed by atoms with Gasteiger partial charge in [0.1, 0.15) is 0 Å². The largest absolute Gasteiger partial charge is 0.450 e. The summed E-state index contributed by atoms with van der Waals surface area (Å²) in [6.45, 7) is 5.42. The van der Waals surface area contributed by atoms with Crippen molar-refractivity contribution in [2.45, 2.75) is 45.6 Å². The van der Waals surface area contributed by atoms with Crippen LogP contribution in [-0.4, -0.2) is 42.6 Å². The Bertz CT molecular complexity index is 518. The summed E-state index contributed by atoms with van der Waals surface area (Å²) in [5, 5.41) is 0. The van der Waals surface area contributed by atoms with Gasteiger partial charge in [-0.25, -0.2) is 4.79 Å². The Kier molecular flexibility index (Phi) is 6.44. The molecule has 2 rings (SSSR count). The van der Waals surface area contributed by atoms with Crippen LogP contribution in [0.2, 0.25) is 0 Å². The molecule has 1 aliphatic heterocycles. The lowest BCUT2D eigenvalue weighted by Gasteiger charge is -2.31. The number of carbonyl (C=O) groups excluding carboxylic acids is 2. The third kappa shape index (κ3) is 4.47. The van der Waals surface area contributed by atoms with Gasteiger partial charge in [0.2, 0.25) is 5.91 Å². The summed E-state index contributed by atoms with van der Waals surface area (Å²) in [6.07, 6.45) is 2.79. The molecule has 1 unspecified atom stereocenters. The van der Waals surface area contributed by atoms with E-state index in [2.05, 4.69) is 0 Å². The lowest BCUT2D eigenvalue weighted by Crippen LogP contribution is -2.41. The summed E-state index contributed by atoms with van der Waals surface area (Å²) in [6, 6.07) is 9.93. The van der Waals surface area contributed by atoms with E-state index in [9.17, 15) is 9.59 Å². The second-order valence-corrected chi connectivity index (χ2v) is 5.72. The monoisotopic (exact) mass is 318 g/mol. The molecular weight excluding hydrogens is 292 g/mol. The average Bonchev–Trinajstić information content (AvgIpc) is 2.82. The van der Waals surface area contributed by atoms with Crippen LogP contribution in [0.1, 0.15) is 39.5 Å². The SMILES string of the molecule is CCOC(=O)N1CCCC(N(C(=O)CC)c2ccccc2)CC1. The Morgan fingerprint density at radius 3 is 2.57 bits per heavy atom. The van der Waals surface area contributed by atoms with Gasteiger partial charge in [-0.3, -0.25) is 4.79 Å². The van der Waals surface area contributed by atoms with Crippen LogP contribution < -0.4 is 4.90 Å². The lowest BCUT2D eigenvalue weighted by atomic mass is 10.1. The number of amides is 2. The summed E-state index contributed by atoms with van der Waals surface area (Å²) < 4.78 is 5.09. The van der Waals surface area contributed by atoms with Crippen molar-refractivity contribution in [3.8, 4) is 0 Å². The molecule has 1 aliphatic rings. The number of hydrogen-bond donors (Lipinski definition) is 0. The Morgan fingerprint density at radius 1 is 1.17 bits per heavy atom. The molecule has 126 valence electrons. The zero-order valence-electron chi connectivity index (χ0n) is 14.0. The fourth-order valence-electron chi connectivity index (χ4n) is 3.05. The fraction of sp³-hybridized carbons (Fsp3) is 0.556. The summed E-state index contributed by atoms with van der Waals surface area (Å²) in [7, 11) is 0. The van der Waals surface area contributed by atoms with Crippen LogP contribution in [0, 0.1) is 0 Å². The third-order valence-electron chi connectivity index (χ3n) is 4.19. The van der Waals surface area contributed by atoms with E-state index in [-0.39, 0.29) is 18.0 Å². The van der Waals surface area contributed by atoms with E-state index >= 15 is 0 Å². The number of anilines is 1. The van der Waals surface area contributed by atoms with Crippen molar-refractivity contribution < 1.29 is 14.3 Å². The number of hydrogen-bond acceptors (Lipinski definition) is 3. The molecule has 1 aromatic rings. The van der Waals surface area contributed by atoms with Gasteiger partial charge in [-0.1, -0.05) is 25.1 Å². The van der Waals surface area contributed by atoms with Crippen LogP contribution in [0.3, 0.4) is 0 Å². The first-order chi connectivity index (χ1) is 11.2. The minimum absolute atomic E-state index is 0.129. The molecule has 1 aromatic carbocycles. The quantitative estimate of drug-likeness (QED) is 0.854. The molecule has 1 fully saturated rings. The van der Waals surface area contributed by atoms with E-state index in [1.807, 2.05) is 49.1 Å². The molecular formula is C18H26N2O3. The standard InChI is InChI=1S/C18H26N2O3/c1-3-17(21)20(15-9-6-5-7-10-15)16-11-8-13-19(14-12-16)18(22)23-4-2/h5-7,9-10,16H,3-4,8,11-14H2,1-2H3. The van der Waals surface area contributed by atoms with Crippen molar-refractivity contribution in [2.24, 2.45) is 0 Å². The molecule has 1 saturated heterocycles. The molecule has 2 amide bonds. The summed E-state index contributed by atoms with van der Waals surface area (Å²) in [5.74, 6) is 0.130. The Balaban J connectivity index is 2.11. The minimum Gasteiger partial charge on any atom is -0.450 e. The van der Waals surface area contributed by atoms with Crippen LogP contribution in [0.4, 0.5) is 10.5 Å². The van der Waals surface area contributed by atoms with Gasteiger partial charge < -0.3 is 14.5 Å². The van der Waals surface area contributed by atoms with E-state index in [1.54, 1.807) is 4.90 Å². The van der Waals surface area contributed by atoms with E-state index in [0.29, 0.717) is 26.1 Å². The highest BCUT2D eigenvalue weighted by atomic mass is 16.6. The number of carbonyl (C=O) groups is 2. The normalized spacial score (nSPS) is 18.2. The zero-order valence-corrected chi connectivity index (χ0v) is 14.0. The maximum Gasteiger partial charge on any atom is 0.409 e. The topological polar surface area (TPSA) is 49.9 Å². The predicted octanol–water partition coefficient (Wildman–Crippen LogP) is 3.44. The molecule has 5 heteroatoms. The smallest absolute Gasteiger partial charge is 0.409 e. The van der Waals surface area contributed by atoms with Gasteiger partial charge in [0, 0.05) is 31.2 Å². The maximum absolute atomic E-state index is 12.5. The molecule has 23 heavy (non-hydrogen) atoms. The first kappa shape index (κ1) is 17.3. The van der Waals surface area contributed by atoms with Crippen molar-refractivity contribution in [1.29, 1.82) is 0 Å². The van der Waals surface area contributed by atoms with E-state index in [0.717, 1.165) is 24.9 Å². The number of para-hydroxylation sites is 1. The van der Waals surface area contributed by atoms with Gasteiger partial charge in [0.05, 0.1) is 6.61 Å². The summed E-state index contributed by atoms with van der Waals surface area (Å²) in [4.78, 5) is 28.0. The number of benzene rings is 1. The number of rotatable bonds is 4. The van der Waals surface area contributed by atoms with E-state index in [1.165, 1.54) is 0 Å². The minimum atomic E-state index is -0.249. The van der Waals surface area contributed by atoms with Crippen LogP contribution in [0.25, 0.3) is 0 Å². The van der Waals surface area contributed by atoms with Gasteiger partial charge in [-0.15, -0.1) is 0 Å². The van der Waals surface area contributed by atoms with Gasteiger partial charge >= 0.3 is 6.09 Å². The van der Waals surface area contributed by atoms with Gasteiger partial charge in [0.15, 0.2) is 0 Å². The Morgan fingerprint density at radius 2 is 1.91 bits per heavy atom. The van der Waals surface area contributed by atoms with Crippen molar-refractivity contribution >= 4 is 17.7 Å². The van der Waals surface area contributed by atoms with E-state index in [4.69, 9.17) is 4.74 Å². The van der Waals surface area contributed by atoms with Crippen LogP contribution >= 0.6 is 0 Å². The van der Waals surface area contributed by atoms with Crippen molar-refractivity contribution in [1.82, 2.24) is 4.90 Å². The zero-order chi connectivity index (χ0) is 16.7. The van der Waals surface area contributed by atoms with Gasteiger partial charge in [-0.05, 0) is 38.3 Å². The highest BCUT2D eigenvalue weighted by Crippen LogP contribution is 2.24. The molecule has 1 atom stereocenters. The molecule has 5 nitrogen and oxygen atoms in total. The van der Waals surface area contributed by atoms with Crippen LogP contribution in [0.5, 0.6) is 0 Å². The molecule has 0 saturated carbocycles. The van der Waals surface area contributed by atoms with Crippen LogP contribution in [-0.2, 0) is 9.53 Å². The predicted molar refractivity (Wildman–Crippen MR) is 90.5 cm³/mol. The molecule has 0 aliphatic carbocycles. The summed E-state index contributed by atoms with van der Waals surface area (Å²) in [5.41, 5.74) is 0.939. The van der Waals surface area contributed by atoms with Crippen molar-refractivity contribution in [2.75, 3.05) is 24.6 Å². The summed E-state index contributed by atoms with van der Waals surface area (Å²) >= 11 is 0. The number of ether oxygens (including phenoxy) is 1. The molecule has 1 heterocycles. The Hall–Kier alpha value is -2.04. The second-order valence-electron chi connectivity index (χ2n) is 5.72. The average molecular weight is 318 g/mol. The highest BCUT2D eigenvalue weighted by Gasteiger charge is 2.28. The fourth-order valence-corrected chi connectivity index (χ4v) is 3.05. The molecule has 0 bridgehead atoms. The van der Waals surface area contributed by atoms with Gasteiger partial charge in [-0.2, -0.15) is 0 Å². The molecule has 0 spiro atoms. The molecule has 0 aromatic heterocycles. The molecule has 0 N–H and O–H groups in total. The van der Waals surface area contributed by atoms with Crippen molar-refractivity contribution in [3.63, 3.8) is 0 Å². The third-order valence-corrected chi connectivity index (χ3v) is 4.19.